The van der Waals surface area contributed by atoms with E-state index in [0.717, 1.165) is 28.5 Å². The summed E-state index contributed by atoms with van der Waals surface area (Å²) in [7, 11) is 0. The molecule has 0 saturated carbocycles. The van der Waals surface area contributed by atoms with Crippen LogP contribution in [0.1, 0.15) is 18.1 Å². The molecule has 4 nitrogen and oxygen atoms in total. The van der Waals surface area contributed by atoms with Gasteiger partial charge in [0.1, 0.15) is 5.75 Å². The summed E-state index contributed by atoms with van der Waals surface area (Å²) >= 11 is 0. The molecule has 1 aromatic carbocycles. The van der Waals surface area contributed by atoms with E-state index >= 15 is 0 Å². The zero-order chi connectivity index (χ0) is 12.4. The highest BCUT2D eigenvalue weighted by atomic mass is 16.3. The fraction of sp³-hybridized carbons (Fsp3) is 0.308. The lowest BCUT2D eigenvalue weighted by molar-refractivity contribution is -0.118. The maximum Gasteiger partial charge on any atom is 0.216 e. The minimum absolute atomic E-state index is 0.0245. The van der Waals surface area contributed by atoms with Crippen LogP contribution in [0.5, 0.6) is 5.75 Å². The summed E-state index contributed by atoms with van der Waals surface area (Å²) in [6.07, 6.45) is 2.67. The molecule has 90 valence electrons. The van der Waals surface area contributed by atoms with Crippen LogP contribution in [-0.2, 0) is 11.2 Å². The molecule has 2 rings (SSSR count). The molecule has 3 N–H and O–H groups in total. The van der Waals surface area contributed by atoms with Crippen LogP contribution in [0.4, 0.5) is 0 Å². The Bertz CT molecular complexity index is 558. The Labute approximate surface area is 99.7 Å². The zero-order valence-corrected chi connectivity index (χ0v) is 10.0. The normalized spacial score (nSPS) is 10.7. The molecular weight excluding hydrogens is 216 g/mol. The number of carbonyl (C=O) groups is 1. The number of aromatic hydroxyl groups is 1. The second-order valence-electron chi connectivity index (χ2n) is 4.23. The Hall–Kier alpha value is -1.97. The number of carbonyl (C=O) groups excluding carboxylic acids is 1. The van der Waals surface area contributed by atoms with Crippen molar-refractivity contribution in [2.45, 2.75) is 20.3 Å². The van der Waals surface area contributed by atoms with Crippen LogP contribution in [0.2, 0.25) is 0 Å². The van der Waals surface area contributed by atoms with Gasteiger partial charge in [0.15, 0.2) is 0 Å². The molecule has 0 fully saturated rings. The molecular formula is C13H16N2O2. The number of amides is 1. The predicted octanol–water partition coefficient (Wildman–Crippen LogP) is 1.86. The second-order valence-corrected chi connectivity index (χ2v) is 4.23. The molecule has 0 atom stereocenters. The topological polar surface area (TPSA) is 65.1 Å². The summed E-state index contributed by atoms with van der Waals surface area (Å²) in [6.45, 7) is 3.98. The Morgan fingerprint density at radius 1 is 1.47 bits per heavy atom. The van der Waals surface area contributed by atoms with E-state index in [1.54, 1.807) is 6.07 Å². The van der Waals surface area contributed by atoms with Crippen LogP contribution >= 0.6 is 0 Å². The number of nitrogens with one attached hydrogen (secondary N) is 2. The van der Waals surface area contributed by atoms with Gasteiger partial charge in [-0.15, -0.1) is 0 Å². The molecule has 1 amide bonds. The van der Waals surface area contributed by atoms with E-state index in [2.05, 4.69) is 10.3 Å². The predicted molar refractivity (Wildman–Crippen MR) is 67.1 cm³/mol. The number of aryl methyl sites for hydroxylation is 1. The van der Waals surface area contributed by atoms with E-state index in [-0.39, 0.29) is 5.91 Å². The Morgan fingerprint density at radius 3 is 2.94 bits per heavy atom. The number of hydrogen-bond acceptors (Lipinski definition) is 2. The third-order valence-electron chi connectivity index (χ3n) is 2.85. The Morgan fingerprint density at radius 2 is 2.24 bits per heavy atom. The van der Waals surface area contributed by atoms with E-state index < -0.39 is 0 Å². The van der Waals surface area contributed by atoms with E-state index in [1.165, 1.54) is 6.92 Å². The third kappa shape index (κ3) is 2.41. The number of benzene rings is 1. The van der Waals surface area contributed by atoms with E-state index in [1.807, 2.05) is 19.2 Å². The SMILES string of the molecule is CC(=O)NCCc1c[nH]c2cc(C)c(O)cc12. The fourth-order valence-corrected chi connectivity index (χ4v) is 1.90. The van der Waals surface area contributed by atoms with Gasteiger partial charge in [-0.05, 0) is 36.6 Å². The average molecular weight is 232 g/mol. The lowest BCUT2D eigenvalue weighted by Crippen LogP contribution is -2.22. The van der Waals surface area contributed by atoms with Gasteiger partial charge in [0, 0.05) is 30.6 Å². The van der Waals surface area contributed by atoms with Crippen molar-refractivity contribution >= 4 is 16.8 Å². The van der Waals surface area contributed by atoms with Crippen LogP contribution < -0.4 is 5.32 Å². The fourth-order valence-electron chi connectivity index (χ4n) is 1.90. The molecule has 0 aliphatic rings. The lowest BCUT2D eigenvalue weighted by Gasteiger charge is -2.02. The van der Waals surface area contributed by atoms with Crippen molar-refractivity contribution in [2.24, 2.45) is 0 Å². The van der Waals surface area contributed by atoms with Gasteiger partial charge in [-0.3, -0.25) is 4.79 Å². The van der Waals surface area contributed by atoms with E-state index in [9.17, 15) is 9.90 Å². The molecule has 0 bridgehead atoms. The van der Waals surface area contributed by atoms with E-state index in [4.69, 9.17) is 0 Å². The average Bonchev–Trinajstić information content (AvgIpc) is 2.62. The van der Waals surface area contributed by atoms with Gasteiger partial charge in [-0.2, -0.15) is 0 Å². The van der Waals surface area contributed by atoms with Gasteiger partial charge < -0.3 is 15.4 Å². The third-order valence-corrected chi connectivity index (χ3v) is 2.85. The van der Waals surface area contributed by atoms with Crippen LogP contribution in [0.3, 0.4) is 0 Å². The van der Waals surface area contributed by atoms with Crippen LogP contribution in [0.25, 0.3) is 10.9 Å². The van der Waals surface area contributed by atoms with Gasteiger partial charge in [0.2, 0.25) is 5.91 Å². The number of H-pyrrole nitrogens is 1. The molecule has 2 aromatic rings. The molecule has 1 heterocycles. The molecule has 4 heteroatoms. The van der Waals surface area contributed by atoms with Crippen molar-refractivity contribution in [3.05, 3.63) is 29.5 Å². The van der Waals surface area contributed by atoms with Crippen LogP contribution in [0, 0.1) is 6.92 Å². The minimum Gasteiger partial charge on any atom is -0.508 e. The highest BCUT2D eigenvalue weighted by Gasteiger charge is 2.06. The standard InChI is InChI=1S/C13H16N2O2/c1-8-5-12-11(6-13(8)17)10(7-15-12)3-4-14-9(2)16/h5-7,15,17H,3-4H2,1-2H3,(H,14,16). The molecule has 0 saturated heterocycles. The molecule has 0 unspecified atom stereocenters. The first-order chi connectivity index (χ1) is 8.08. The number of rotatable bonds is 3. The largest absolute Gasteiger partial charge is 0.508 e. The van der Waals surface area contributed by atoms with Gasteiger partial charge >= 0.3 is 0 Å². The number of fused-ring (bicyclic) bond motifs is 1. The van der Waals surface area contributed by atoms with Gasteiger partial charge in [-0.1, -0.05) is 0 Å². The van der Waals surface area contributed by atoms with Crippen molar-refractivity contribution in [3.63, 3.8) is 0 Å². The van der Waals surface area contributed by atoms with Crippen LogP contribution in [-0.4, -0.2) is 22.5 Å². The first-order valence-corrected chi connectivity index (χ1v) is 5.62. The quantitative estimate of drug-likeness (QED) is 0.756. The number of hydrogen-bond donors (Lipinski definition) is 3. The molecule has 17 heavy (non-hydrogen) atoms. The Balaban J connectivity index is 2.23. The molecule has 0 aliphatic heterocycles. The van der Waals surface area contributed by atoms with Gasteiger partial charge in [0.25, 0.3) is 0 Å². The lowest BCUT2D eigenvalue weighted by atomic mass is 10.1. The molecule has 1 aromatic heterocycles. The first kappa shape index (κ1) is 11.5. The van der Waals surface area contributed by atoms with Crippen LogP contribution in [0.15, 0.2) is 18.3 Å². The second kappa shape index (κ2) is 4.49. The minimum atomic E-state index is -0.0245. The summed E-state index contributed by atoms with van der Waals surface area (Å²) in [5.74, 6) is 0.279. The number of phenols is 1. The van der Waals surface area contributed by atoms with Gasteiger partial charge in [0.05, 0.1) is 0 Å². The maximum atomic E-state index is 10.8. The smallest absolute Gasteiger partial charge is 0.216 e. The number of aromatic amines is 1. The summed E-state index contributed by atoms with van der Waals surface area (Å²) in [4.78, 5) is 13.9. The van der Waals surface area contributed by atoms with Gasteiger partial charge in [-0.25, -0.2) is 0 Å². The summed E-state index contributed by atoms with van der Waals surface area (Å²) in [5, 5.41) is 13.5. The molecule has 0 aliphatic carbocycles. The number of aromatic nitrogens is 1. The van der Waals surface area contributed by atoms with Crippen molar-refractivity contribution in [1.29, 1.82) is 0 Å². The molecule has 0 spiro atoms. The van der Waals surface area contributed by atoms with Crippen molar-refractivity contribution in [3.8, 4) is 5.75 Å². The molecule has 0 radical (unpaired) electrons. The highest BCUT2D eigenvalue weighted by molar-refractivity contribution is 5.85. The van der Waals surface area contributed by atoms with E-state index in [0.29, 0.717) is 12.3 Å². The maximum absolute atomic E-state index is 10.8. The zero-order valence-electron chi connectivity index (χ0n) is 10.0. The summed E-state index contributed by atoms with van der Waals surface area (Å²) < 4.78 is 0. The summed E-state index contributed by atoms with van der Waals surface area (Å²) in [6, 6.07) is 3.69. The first-order valence-electron chi connectivity index (χ1n) is 5.62. The van der Waals surface area contributed by atoms with Crippen molar-refractivity contribution in [2.75, 3.05) is 6.54 Å². The highest BCUT2D eigenvalue weighted by Crippen LogP contribution is 2.26. The Kier molecular flexibility index (Phi) is 3.04. The van der Waals surface area contributed by atoms with Crippen molar-refractivity contribution < 1.29 is 9.90 Å². The number of phenolic OH excluding ortho intramolecular Hbond substituents is 1. The summed E-state index contributed by atoms with van der Waals surface area (Å²) in [5.41, 5.74) is 2.97. The monoisotopic (exact) mass is 232 g/mol. The van der Waals surface area contributed by atoms with Crippen molar-refractivity contribution in [1.82, 2.24) is 10.3 Å².